The molecule has 1 N–H and O–H groups in total. The molecule has 0 unspecified atom stereocenters. The molecule has 3 aromatic rings. The number of hydrogen-bond acceptors (Lipinski definition) is 4. The maximum atomic E-state index is 12.8. The summed E-state index contributed by atoms with van der Waals surface area (Å²) in [6.07, 6.45) is 4.57. The third-order valence-electron chi connectivity index (χ3n) is 4.96. The molecule has 27 heavy (non-hydrogen) atoms. The first-order valence-corrected chi connectivity index (χ1v) is 9.19. The molecule has 2 aromatic heterocycles. The van der Waals surface area contributed by atoms with Gasteiger partial charge in [0.2, 0.25) is 0 Å². The molecule has 0 fully saturated rings. The second-order valence-electron chi connectivity index (χ2n) is 6.89. The average molecular weight is 361 g/mol. The number of pyridine rings is 1. The van der Waals surface area contributed by atoms with Crippen LogP contribution in [-0.2, 0) is 33.1 Å². The van der Waals surface area contributed by atoms with E-state index in [2.05, 4.69) is 26.4 Å². The molecule has 0 aliphatic carbocycles. The highest BCUT2D eigenvalue weighted by atomic mass is 16.1. The molecule has 0 bridgehead atoms. The smallest absolute Gasteiger partial charge is 0.272 e. The number of hydrogen-bond donors (Lipinski definition) is 1. The lowest BCUT2D eigenvalue weighted by atomic mass is 10.0. The van der Waals surface area contributed by atoms with Crippen LogP contribution in [-0.4, -0.2) is 32.1 Å². The van der Waals surface area contributed by atoms with Crippen LogP contribution in [0.25, 0.3) is 0 Å². The molecule has 0 saturated heterocycles. The fourth-order valence-electron chi connectivity index (χ4n) is 3.58. The third kappa shape index (κ3) is 3.90. The zero-order chi connectivity index (χ0) is 18.6. The summed E-state index contributed by atoms with van der Waals surface area (Å²) < 4.78 is 1.86. The van der Waals surface area contributed by atoms with Gasteiger partial charge in [-0.15, -0.1) is 0 Å². The zero-order valence-electron chi connectivity index (χ0n) is 15.4. The van der Waals surface area contributed by atoms with E-state index >= 15 is 0 Å². The molecule has 3 heterocycles. The molecule has 1 aliphatic rings. The Bertz CT molecular complexity index is 921. The van der Waals surface area contributed by atoms with E-state index in [4.69, 9.17) is 0 Å². The highest BCUT2D eigenvalue weighted by molar-refractivity contribution is 5.94. The Morgan fingerprint density at radius 1 is 1.15 bits per heavy atom. The van der Waals surface area contributed by atoms with Crippen molar-refractivity contribution in [2.24, 2.45) is 7.05 Å². The van der Waals surface area contributed by atoms with Crippen molar-refractivity contribution in [2.45, 2.75) is 26.1 Å². The zero-order valence-corrected chi connectivity index (χ0v) is 15.4. The van der Waals surface area contributed by atoms with Gasteiger partial charge in [0.15, 0.2) is 5.69 Å². The largest absolute Gasteiger partial charge is 0.347 e. The number of carbonyl (C=O) groups excluding carboxylic acids is 1. The van der Waals surface area contributed by atoms with Gasteiger partial charge in [-0.3, -0.25) is 19.4 Å². The van der Waals surface area contributed by atoms with Crippen molar-refractivity contribution in [1.29, 1.82) is 0 Å². The molecule has 4 rings (SSSR count). The molecule has 0 atom stereocenters. The van der Waals surface area contributed by atoms with E-state index in [9.17, 15) is 4.79 Å². The fraction of sp³-hybridized carbons (Fsp3) is 0.286. The van der Waals surface area contributed by atoms with Gasteiger partial charge in [-0.2, -0.15) is 5.10 Å². The molecule has 1 aromatic carbocycles. The molecule has 1 amide bonds. The van der Waals surface area contributed by atoms with E-state index in [-0.39, 0.29) is 5.91 Å². The molecule has 0 spiro atoms. The van der Waals surface area contributed by atoms with Crippen LogP contribution in [0.3, 0.4) is 0 Å². The third-order valence-corrected chi connectivity index (χ3v) is 4.96. The molecule has 138 valence electrons. The summed E-state index contributed by atoms with van der Waals surface area (Å²) in [4.78, 5) is 19.3. The van der Waals surface area contributed by atoms with Crippen molar-refractivity contribution in [3.05, 3.63) is 82.9 Å². The lowest BCUT2D eigenvalue weighted by Crippen LogP contribution is -2.32. The number of fused-ring (bicyclic) bond motifs is 1. The molecule has 6 heteroatoms. The standard InChI is InChI=1S/C21H23N5O/c1-25-19-9-11-26(14-17-8-5-10-22-12-17)15-18(19)20(24-25)21(27)23-13-16-6-3-2-4-7-16/h2-8,10,12H,9,11,13-15H2,1H3,(H,23,27). The summed E-state index contributed by atoms with van der Waals surface area (Å²) in [6, 6.07) is 14.0. The summed E-state index contributed by atoms with van der Waals surface area (Å²) in [5, 5.41) is 7.51. The lowest BCUT2D eigenvalue weighted by Gasteiger charge is -2.27. The van der Waals surface area contributed by atoms with Crippen LogP contribution in [0.5, 0.6) is 0 Å². The van der Waals surface area contributed by atoms with E-state index in [0.717, 1.165) is 42.9 Å². The van der Waals surface area contributed by atoms with Crippen molar-refractivity contribution in [2.75, 3.05) is 6.54 Å². The highest BCUT2D eigenvalue weighted by Gasteiger charge is 2.27. The van der Waals surface area contributed by atoms with Gasteiger partial charge in [0, 0.05) is 63.3 Å². The minimum atomic E-state index is -0.112. The molecule has 1 aliphatic heterocycles. The minimum Gasteiger partial charge on any atom is -0.347 e. The number of rotatable bonds is 5. The first kappa shape index (κ1) is 17.4. The topological polar surface area (TPSA) is 63.1 Å². The van der Waals surface area contributed by atoms with Crippen LogP contribution < -0.4 is 5.32 Å². The second-order valence-corrected chi connectivity index (χ2v) is 6.89. The van der Waals surface area contributed by atoms with E-state index in [1.165, 1.54) is 5.56 Å². The summed E-state index contributed by atoms with van der Waals surface area (Å²) >= 11 is 0. The van der Waals surface area contributed by atoms with Gasteiger partial charge in [0.25, 0.3) is 5.91 Å². The van der Waals surface area contributed by atoms with Crippen LogP contribution >= 0.6 is 0 Å². The molecule has 0 radical (unpaired) electrons. The number of nitrogens with one attached hydrogen (secondary N) is 1. The number of amides is 1. The van der Waals surface area contributed by atoms with Gasteiger partial charge in [0.05, 0.1) is 0 Å². The van der Waals surface area contributed by atoms with E-state index in [1.807, 2.05) is 54.3 Å². The number of aryl methyl sites for hydroxylation is 1. The number of aromatic nitrogens is 3. The van der Waals surface area contributed by atoms with Gasteiger partial charge >= 0.3 is 0 Å². The summed E-state index contributed by atoms with van der Waals surface area (Å²) in [6.45, 7) is 3.01. The molecular formula is C21H23N5O. The van der Waals surface area contributed by atoms with Crippen LogP contribution in [0.1, 0.15) is 32.9 Å². The Hall–Kier alpha value is -2.99. The average Bonchev–Trinajstić information content (AvgIpc) is 3.04. The SMILES string of the molecule is Cn1nc(C(=O)NCc2ccccc2)c2c1CCN(Cc1cccnc1)C2. The summed E-state index contributed by atoms with van der Waals surface area (Å²) in [7, 11) is 1.92. The number of nitrogens with zero attached hydrogens (tertiary/aromatic N) is 4. The number of carbonyl (C=O) groups is 1. The maximum absolute atomic E-state index is 12.8. The van der Waals surface area contributed by atoms with Crippen LogP contribution in [0.15, 0.2) is 54.9 Å². The second kappa shape index (κ2) is 7.72. The van der Waals surface area contributed by atoms with Crippen LogP contribution in [0, 0.1) is 0 Å². The van der Waals surface area contributed by atoms with Gasteiger partial charge in [-0.1, -0.05) is 36.4 Å². The Morgan fingerprint density at radius 3 is 2.74 bits per heavy atom. The van der Waals surface area contributed by atoms with Crippen molar-refractivity contribution in [3.8, 4) is 0 Å². The Morgan fingerprint density at radius 2 is 1.96 bits per heavy atom. The molecular weight excluding hydrogens is 338 g/mol. The Kier molecular flexibility index (Phi) is 4.98. The van der Waals surface area contributed by atoms with Gasteiger partial charge < -0.3 is 5.32 Å². The van der Waals surface area contributed by atoms with E-state index in [0.29, 0.717) is 12.2 Å². The van der Waals surface area contributed by atoms with Gasteiger partial charge in [-0.05, 0) is 17.2 Å². The first-order chi connectivity index (χ1) is 13.2. The Labute approximate surface area is 158 Å². The quantitative estimate of drug-likeness (QED) is 0.757. The molecule has 0 saturated carbocycles. The summed E-state index contributed by atoms with van der Waals surface area (Å²) in [5.74, 6) is -0.112. The van der Waals surface area contributed by atoms with Crippen LogP contribution in [0.2, 0.25) is 0 Å². The fourth-order valence-corrected chi connectivity index (χ4v) is 3.58. The predicted molar refractivity (Wildman–Crippen MR) is 103 cm³/mol. The van der Waals surface area contributed by atoms with E-state index < -0.39 is 0 Å². The normalized spacial score (nSPS) is 14.0. The first-order valence-electron chi connectivity index (χ1n) is 9.19. The molecule has 6 nitrogen and oxygen atoms in total. The maximum Gasteiger partial charge on any atom is 0.272 e. The van der Waals surface area contributed by atoms with Crippen LogP contribution in [0.4, 0.5) is 0 Å². The van der Waals surface area contributed by atoms with Gasteiger partial charge in [-0.25, -0.2) is 0 Å². The predicted octanol–water partition coefficient (Wildman–Crippen LogP) is 2.30. The van der Waals surface area contributed by atoms with Crippen molar-refractivity contribution in [1.82, 2.24) is 25.0 Å². The van der Waals surface area contributed by atoms with Crippen molar-refractivity contribution in [3.63, 3.8) is 0 Å². The van der Waals surface area contributed by atoms with Crippen molar-refractivity contribution >= 4 is 5.91 Å². The minimum absolute atomic E-state index is 0.112. The number of benzene rings is 1. The summed E-state index contributed by atoms with van der Waals surface area (Å²) in [5.41, 5.74) is 4.99. The highest BCUT2D eigenvalue weighted by Crippen LogP contribution is 2.23. The monoisotopic (exact) mass is 361 g/mol. The van der Waals surface area contributed by atoms with E-state index in [1.54, 1.807) is 6.20 Å². The van der Waals surface area contributed by atoms with Gasteiger partial charge in [0.1, 0.15) is 0 Å². The lowest BCUT2D eigenvalue weighted by molar-refractivity contribution is 0.0943. The van der Waals surface area contributed by atoms with Crippen molar-refractivity contribution < 1.29 is 4.79 Å². The Balaban J connectivity index is 1.48.